The minimum atomic E-state index is -0.537. The van der Waals surface area contributed by atoms with Crippen molar-refractivity contribution in [3.63, 3.8) is 0 Å². The number of rotatable bonds is 2. The van der Waals surface area contributed by atoms with Crippen molar-refractivity contribution in [2.75, 3.05) is 0 Å². The normalized spacial score (nSPS) is 12.5. The third-order valence-corrected chi connectivity index (χ3v) is 3.66. The first kappa shape index (κ1) is 12.8. The highest BCUT2D eigenvalue weighted by atomic mass is 16.3. The van der Waals surface area contributed by atoms with Crippen LogP contribution in [0.15, 0.2) is 36.4 Å². The van der Waals surface area contributed by atoms with Crippen molar-refractivity contribution in [1.29, 1.82) is 0 Å². The molecule has 0 fully saturated rings. The Kier molecular flexibility index (Phi) is 3.53. The van der Waals surface area contributed by atoms with Crippen LogP contribution in [0.5, 0.6) is 0 Å². The molecular weight excluding hydrogens is 220 g/mol. The van der Waals surface area contributed by atoms with Gasteiger partial charge in [0.25, 0.3) is 0 Å². The average Bonchev–Trinajstić information content (AvgIpc) is 2.32. The van der Waals surface area contributed by atoms with Crippen LogP contribution in [0, 0.1) is 27.7 Å². The van der Waals surface area contributed by atoms with E-state index in [2.05, 4.69) is 45.9 Å². The second-order valence-corrected chi connectivity index (χ2v) is 5.05. The monoisotopic (exact) mass is 240 g/mol. The lowest BCUT2D eigenvalue weighted by Crippen LogP contribution is -2.05. The van der Waals surface area contributed by atoms with E-state index in [-0.39, 0.29) is 0 Å². The van der Waals surface area contributed by atoms with E-state index in [0.29, 0.717) is 0 Å². The molecule has 1 atom stereocenters. The van der Waals surface area contributed by atoms with Gasteiger partial charge in [0.05, 0.1) is 0 Å². The molecule has 0 spiro atoms. The maximum atomic E-state index is 10.6. The van der Waals surface area contributed by atoms with E-state index >= 15 is 0 Å². The van der Waals surface area contributed by atoms with Crippen molar-refractivity contribution in [1.82, 2.24) is 0 Å². The van der Waals surface area contributed by atoms with Gasteiger partial charge in [0.15, 0.2) is 0 Å². The van der Waals surface area contributed by atoms with Gasteiger partial charge in [-0.1, -0.05) is 42.0 Å². The zero-order valence-corrected chi connectivity index (χ0v) is 11.5. The van der Waals surface area contributed by atoms with Gasteiger partial charge in [0.1, 0.15) is 6.10 Å². The summed E-state index contributed by atoms with van der Waals surface area (Å²) in [6.07, 6.45) is -0.537. The Balaban J connectivity index is 2.48. The molecule has 0 radical (unpaired) electrons. The summed E-state index contributed by atoms with van der Waals surface area (Å²) in [5.74, 6) is 0. The second kappa shape index (κ2) is 4.95. The van der Waals surface area contributed by atoms with E-state index in [4.69, 9.17) is 0 Å². The van der Waals surface area contributed by atoms with Gasteiger partial charge in [-0.2, -0.15) is 0 Å². The zero-order valence-electron chi connectivity index (χ0n) is 11.5. The molecule has 0 aromatic heterocycles. The first-order valence-corrected chi connectivity index (χ1v) is 6.32. The SMILES string of the molecule is Cc1ccc(C(O)c2cccc(C)c2C)c(C)c1. The molecule has 0 amide bonds. The Morgan fingerprint density at radius 3 is 2.22 bits per heavy atom. The molecule has 0 saturated heterocycles. The molecule has 2 aromatic rings. The Hall–Kier alpha value is -1.60. The van der Waals surface area contributed by atoms with Crippen LogP contribution in [0.25, 0.3) is 0 Å². The van der Waals surface area contributed by atoms with Gasteiger partial charge in [-0.15, -0.1) is 0 Å². The average molecular weight is 240 g/mol. The standard InChI is InChI=1S/C17H20O/c1-11-8-9-15(13(3)10-11)17(18)16-7-5-6-12(2)14(16)4/h5-10,17-18H,1-4H3. The minimum absolute atomic E-state index is 0.537. The molecule has 18 heavy (non-hydrogen) atoms. The summed E-state index contributed by atoms with van der Waals surface area (Å²) in [5, 5.41) is 10.6. The maximum absolute atomic E-state index is 10.6. The minimum Gasteiger partial charge on any atom is -0.384 e. The lowest BCUT2D eigenvalue weighted by Gasteiger charge is -2.18. The number of hydrogen-bond donors (Lipinski definition) is 1. The van der Waals surface area contributed by atoms with Crippen molar-refractivity contribution in [3.8, 4) is 0 Å². The predicted octanol–water partition coefficient (Wildman–Crippen LogP) is 4.00. The van der Waals surface area contributed by atoms with E-state index in [1.807, 2.05) is 18.2 Å². The number of hydrogen-bond acceptors (Lipinski definition) is 1. The van der Waals surface area contributed by atoms with Gasteiger partial charge < -0.3 is 5.11 Å². The number of benzene rings is 2. The highest BCUT2D eigenvalue weighted by Gasteiger charge is 2.15. The molecule has 1 heteroatoms. The largest absolute Gasteiger partial charge is 0.384 e. The predicted molar refractivity (Wildman–Crippen MR) is 75.9 cm³/mol. The lowest BCUT2D eigenvalue weighted by molar-refractivity contribution is 0.218. The van der Waals surface area contributed by atoms with Gasteiger partial charge >= 0.3 is 0 Å². The molecule has 0 aliphatic rings. The summed E-state index contributed by atoms with van der Waals surface area (Å²) < 4.78 is 0. The summed E-state index contributed by atoms with van der Waals surface area (Å²) in [5.41, 5.74) is 6.75. The highest BCUT2D eigenvalue weighted by Crippen LogP contribution is 2.28. The Morgan fingerprint density at radius 1 is 0.833 bits per heavy atom. The third kappa shape index (κ3) is 2.32. The van der Waals surface area contributed by atoms with Crippen molar-refractivity contribution in [2.45, 2.75) is 33.8 Å². The molecular formula is C17H20O. The van der Waals surface area contributed by atoms with Crippen molar-refractivity contribution in [2.24, 2.45) is 0 Å². The summed E-state index contributed by atoms with van der Waals surface area (Å²) in [6, 6.07) is 12.3. The fourth-order valence-electron chi connectivity index (χ4n) is 2.37. The molecule has 0 saturated carbocycles. The van der Waals surface area contributed by atoms with Crippen LogP contribution in [-0.2, 0) is 0 Å². The highest BCUT2D eigenvalue weighted by molar-refractivity contribution is 5.42. The lowest BCUT2D eigenvalue weighted by atomic mass is 9.92. The third-order valence-electron chi connectivity index (χ3n) is 3.66. The molecule has 1 unspecified atom stereocenters. The van der Waals surface area contributed by atoms with E-state index in [1.54, 1.807) is 0 Å². The first-order valence-electron chi connectivity index (χ1n) is 6.32. The van der Waals surface area contributed by atoms with Gasteiger partial charge in [-0.25, -0.2) is 0 Å². The van der Waals surface area contributed by atoms with E-state index < -0.39 is 6.10 Å². The van der Waals surface area contributed by atoms with Crippen LogP contribution in [0.1, 0.15) is 39.5 Å². The smallest absolute Gasteiger partial charge is 0.105 e. The fraction of sp³-hybridized carbons (Fsp3) is 0.294. The van der Waals surface area contributed by atoms with E-state index in [1.165, 1.54) is 16.7 Å². The van der Waals surface area contributed by atoms with Crippen LogP contribution in [0.4, 0.5) is 0 Å². The summed E-state index contributed by atoms with van der Waals surface area (Å²) in [6.45, 7) is 8.27. The number of aryl methyl sites for hydroxylation is 3. The maximum Gasteiger partial charge on any atom is 0.105 e. The number of aliphatic hydroxyl groups excluding tert-OH is 1. The van der Waals surface area contributed by atoms with Crippen LogP contribution >= 0.6 is 0 Å². The Morgan fingerprint density at radius 2 is 1.56 bits per heavy atom. The molecule has 0 aliphatic heterocycles. The molecule has 2 rings (SSSR count). The van der Waals surface area contributed by atoms with Crippen molar-refractivity contribution < 1.29 is 5.11 Å². The molecule has 1 N–H and O–H groups in total. The summed E-state index contributed by atoms with van der Waals surface area (Å²) in [7, 11) is 0. The Bertz CT molecular complexity index is 570. The first-order chi connectivity index (χ1) is 8.50. The molecule has 1 nitrogen and oxygen atoms in total. The topological polar surface area (TPSA) is 20.2 Å². The van der Waals surface area contributed by atoms with Gasteiger partial charge in [-0.3, -0.25) is 0 Å². The zero-order chi connectivity index (χ0) is 13.3. The van der Waals surface area contributed by atoms with Crippen LogP contribution in [0.3, 0.4) is 0 Å². The molecule has 94 valence electrons. The second-order valence-electron chi connectivity index (χ2n) is 5.05. The van der Waals surface area contributed by atoms with Gasteiger partial charge in [0, 0.05) is 0 Å². The molecule has 0 bridgehead atoms. The van der Waals surface area contributed by atoms with Crippen LogP contribution in [0.2, 0.25) is 0 Å². The molecule has 0 aliphatic carbocycles. The quantitative estimate of drug-likeness (QED) is 0.841. The Labute approximate surface area is 109 Å². The van der Waals surface area contributed by atoms with Crippen LogP contribution < -0.4 is 0 Å². The summed E-state index contributed by atoms with van der Waals surface area (Å²) >= 11 is 0. The van der Waals surface area contributed by atoms with Crippen molar-refractivity contribution >= 4 is 0 Å². The van der Waals surface area contributed by atoms with Gasteiger partial charge in [-0.05, 0) is 55.5 Å². The van der Waals surface area contributed by atoms with Crippen LogP contribution in [-0.4, -0.2) is 5.11 Å². The van der Waals surface area contributed by atoms with E-state index in [9.17, 15) is 5.11 Å². The fourth-order valence-corrected chi connectivity index (χ4v) is 2.37. The molecule has 0 heterocycles. The van der Waals surface area contributed by atoms with Crippen molar-refractivity contribution in [3.05, 3.63) is 69.8 Å². The number of aliphatic hydroxyl groups is 1. The van der Waals surface area contributed by atoms with E-state index in [0.717, 1.165) is 16.7 Å². The molecule has 2 aromatic carbocycles. The van der Waals surface area contributed by atoms with Gasteiger partial charge in [0.2, 0.25) is 0 Å². The summed E-state index contributed by atoms with van der Waals surface area (Å²) in [4.78, 5) is 0.